The Kier molecular flexibility index (Phi) is 3.86. The van der Waals surface area contributed by atoms with E-state index in [-0.39, 0.29) is 5.91 Å². The first-order chi connectivity index (χ1) is 15.2. The van der Waals surface area contributed by atoms with Gasteiger partial charge in [-0.05, 0) is 35.4 Å². The van der Waals surface area contributed by atoms with Crippen LogP contribution in [0.15, 0.2) is 61.3 Å². The molecule has 8 nitrogen and oxygen atoms in total. The van der Waals surface area contributed by atoms with E-state index in [0.717, 1.165) is 38.8 Å². The van der Waals surface area contributed by atoms with Gasteiger partial charge in [-0.2, -0.15) is 5.10 Å². The maximum absolute atomic E-state index is 12.9. The van der Waals surface area contributed by atoms with Crippen molar-refractivity contribution in [3.8, 4) is 0 Å². The molecule has 5 heterocycles. The second-order valence-corrected chi connectivity index (χ2v) is 7.89. The summed E-state index contributed by atoms with van der Waals surface area (Å²) >= 11 is 0. The number of benzene rings is 1. The molecular weight excluding hydrogens is 390 g/mol. The Hall–Kier alpha value is -4.07. The molecule has 0 spiro atoms. The van der Waals surface area contributed by atoms with Crippen molar-refractivity contribution < 1.29 is 4.79 Å². The number of carbonyl (C=O) groups excluding carboxylic acids is 1. The van der Waals surface area contributed by atoms with Gasteiger partial charge in [0.2, 0.25) is 0 Å². The van der Waals surface area contributed by atoms with Gasteiger partial charge < -0.3 is 9.47 Å². The Balaban J connectivity index is 1.24. The van der Waals surface area contributed by atoms with E-state index in [1.165, 1.54) is 0 Å². The number of aromatic nitrogens is 6. The van der Waals surface area contributed by atoms with Crippen LogP contribution in [0.25, 0.3) is 22.1 Å². The van der Waals surface area contributed by atoms with Gasteiger partial charge in [0, 0.05) is 30.7 Å². The molecule has 8 heteroatoms. The van der Waals surface area contributed by atoms with Gasteiger partial charge in [-0.15, -0.1) is 0 Å². The van der Waals surface area contributed by atoms with E-state index in [2.05, 4.69) is 26.1 Å². The van der Waals surface area contributed by atoms with Gasteiger partial charge in [0.1, 0.15) is 0 Å². The van der Waals surface area contributed by atoms with Gasteiger partial charge >= 0.3 is 0 Å². The van der Waals surface area contributed by atoms with E-state index in [1.807, 2.05) is 63.9 Å². The number of nitrogens with zero attached hydrogens (tertiary/aromatic N) is 7. The first-order valence-electron chi connectivity index (χ1n) is 10.1. The zero-order valence-corrected chi connectivity index (χ0v) is 16.9. The zero-order chi connectivity index (χ0) is 20.9. The van der Waals surface area contributed by atoms with Crippen molar-refractivity contribution >= 4 is 28.0 Å². The Morgan fingerprint density at radius 3 is 2.90 bits per heavy atom. The molecule has 152 valence electrons. The number of aryl methyl sites for hydroxylation is 1. The standard InChI is InChI=1S/C23H19N7O/c1-28-14-25-22-20(28)5-3-18(27-22)13-29-12-17-8-15(2-4-19(17)23(29)31)11-30-21-10-24-7-6-16(21)9-26-30/h2-10,14H,11-13H2,1H3. The summed E-state index contributed by atoms with van der Waals surface area (Å²) in [7, 11) is 1.94. The molecule has 0 atom stereocenters. The average Bonchev–Trinajstić information content (AvgIpc) is 3.45. The van der Waals surface area contributed by atoms with E-state index in [1.54, 1.807) is 12.5 Å². The van der Waals surface area contributed by atoms with Crippen LogP contribution in [0.3, 0.4) is 0 Å². The fourth-order valence-electron chi connectivity index (χ4n) is 4.21. The molecule has 1 aliphatic rings. The van der Waals surface area contributed by atoms with Crippen LogP contribution in [-0.2, 0) is 26.7 Å². The predicted octanol–water partition coefficient (Wildman–Crippen LogP) is 2.92. The SMILES string of the molecule is Cn1cnc2nc(CN3Cc4cc(Cn5ncc6ccncc65)ccc4C3=O)ccc21. The lowest BCUT2D eigenvalue weighted by atomic mass is 10.1. The average molecular weight is 409 g/mol. The lowest BCUT2D eigenvalue weighted by Gasteiger charge is -2.14. The minimum atomic E-state index is 0.0400. The van der Waals surface area contributed by atoms with E-state index < -0.39 is 0 Å². The molecule has 0 saturated heterocycles. The van der Waals surface area contributed by atoms with Crippen molar-refractivity contribution in [3.05, 3.63) is 83.7 Å². The molecule has 1 aromatic carbocycles. The number of fused-ring (bicyclic) bond motifs is 3. The highest BCUT2D eigenvalue weighted by Gasteiger charge is 2.28. The third-order valence-electron chi connectivity index (χ3n) is 5.83. The second-order valence-electron chi connectivity index (χ2n) is 7.89. The van der Waals surface area contributed by atoms with Crippen LogP contribution in [0, 0.1) is 0 Å². The quantitative estimate of drug-likeness (QED) is 0.456. The third-order valence-corrected chi connectivity index (χ3v) is 5.83. The molecule has 4 aromatic heterocycles. The van der Waals surface area contributed by atoms with E-state index >= 15 is 0 Å². The molecule has 0 radical (unpaired) electrons. The van der Waals surface area contributed by atoms with Crippen molar-refractivity contribution in [3.63, 3.8) is 0 Å². The summed E-state index contributed by atoms with van der Waals surface area (Å²) in [6.45, 7) is 1.67. The van der Waals surface area contributed by atoms with Crippen LogP contribution in [0.5, 0.6) is 0 Å². The lowest BCUT2D eigenvalue weighted by Crippen LogP contribution is -2.23. The van der Waals surface area contributed by atoms with E-state index in [9.17, 15) is 4.79 Å². The van der Waals surface area contributed by atoms with Gasteiger partial charge in [-0.25, -0.2) is 9.97 Å². The molecule has 31 heavy (non-hydrogen) atoms. The van der Waals surface area contributed by atoms with Crippen molar-refractivity contribution in [1.29, 1.82) is 0 Å². The summed E-state index contributed by atoms with van der Waals surface area (Å²) in [6.07, 6.45) is 7.19. The van der Waals surface area contributed by atoms with Crippen LogP contribution >= 0.6 is 0 Å². The fraction of sp³-hybridized carbons (Fsp3) is 0.174. The zero-order valence-electron chi connectivity index (χ0n) is 16.9. The molecule has 0 saturated carbocycles. The molecule has 0 fully saturated rings. The summed E-state index contributed by atoms with van der Waals surface area (Å²) in [5.41, 5.74) is 6.42. The Morgan fingerprint density at radius 1 is 1.03 bits per heavy atom. The van der Waals surface area contributed by atoms with Crippen LogP contribution in [0.2, 0.25) is 0 Å². The van der Waals surface area contributed by atoms with Gasteiger partial charge in [0.05, 0.1) is 48.5 Å². The van der Waals surface area contributed by atoms with Crippen LogP contribution < -0.4 is 0 Å². The summed E-state index contributed by atoms with van der Waals surface area (Å²) < 4.78 is 3.87. The van der Waals surface area contributed by atoms with Gasteiger partial charge in [0.15, 0.2) is 5.65 Å². The molecular formula is C23H19N7O. The molecule has 6 rings (SSSR count). The minimum absolute atomic E-state index is 0.0400. The van der Waals surface area contributed by atoms with Crippen LogP contribution in [0.4, 0.5) is 0 Å². The molecule has 0 unspecified atom stereocenters. The van der Waals surface area contributed by atoms with Crippen LogP contribution in [0.1, 0.15) is 27.2 Å². The predicted molar refractivity (Wildman–Crippen MR) is 115 cm³/mol. The maximum atomic E-state index is 12.9. The van der Waals surface area contributed by atoms with Gasteiger partial charge in [0.25, 0.3) is 5.91 Å². The minimum Gasteiger partial charge on any atom is -0.332 e. The Bertz CT molecular complexity index is 1470. The van der Waals surface area contributed by atoms with Crippen molar-refractivity contribution in [1.82, 2.24) is 34.2 Å². The lowest BCUT2D eigenvalue weighted by molar-refractivity contribution is 0.0765. The summed E-state index contributed by atoms with van der Waals surface area (Å²) in [4.78, 5) is 27.9. The highest BCUT2D eigenvalue weighted by Crippen LogP contribution is 2.26. The molecule has 0 aliphatic carbocycles. The Labute approximate surface area is 177 Å². The third kappa shape index (κ3) is 2.95. The number of hydrogen-bond donors (Lipinski definition) is 0. The Morgan fingerprint density at radius 2 is 1.97 bits per heavy atom. The fourth-order valence-corrected chi connectivity index (χ4v) is 4.21. The smallest absolute Gasteiger partial charge is 0.254 e. The number of amides is 1. The monoisotopic (exact) mass is 409 g/mol. The van der Waals surface area contributed by atoms with E-state index in [0.29, 0.717) is 25.3 Å². The number of rotatable bonds is 4. The van der Waals surface area contributed by atoms with Gasteiger partial charge in [-0.1, -0.05) is 12.1 Å². The normalized spacial score (nSPS) is 13.5. The maximum Gasteiger partial charge on any atom is 0.254 e. The van der Waals surface area contributed by atoms with Crippen molar-refractivity contribution in [2.45, 2.75) is 19.6 Å². The van der Waals surface area contributed by atoms with Crippen molar-refractivity contribution in [2.24, 2.45) is 7.05 Å². The van der Waals surface area contributed by atoms with Gasteiger partial charge in [-0.3, -0.25) is 14.5 Å². The molecule has 0 N–H and O–H groups in total. The summed E-state index contributed by atoms with van der Waals surface area (Å²) in [5, 5.41) is 5.54. The molecule has 1 aliphatic heterocycles. The molecule has 1 amide bonds. The number of pyridine rings is 2. The first kappa shape index (κ1) is 17.8. The van der Waals surface area contributed by atoms with E-state index in [4.69, 9.17) is 0 Å². The number of imidazole rings is 1. The van der Waals surface area contributed by atoms with Crippen molar-refractivity contribution in [2.75, 3.05) is 0 Å². The first-order valence-corrected chi connectivity index (χ1v) is 10.1. The highest BCUT2D eigenvalue weighted by atomic mass is 16.2. The molecule has 5 aromatic rings. The summed E-state index contributed by atoms with van der Waals surface area (Å²) in [5.74, 6) is 0.0400. The highest BCUT2D eigenvalue weighted by molar-refractivity contribution is 5.98. The number of carbonyl (C=O) groups is 1. The molecule has 0 bridgehead atoms. The summed E-state index contributed by atoms with van der Waals surface area (Å²) in [6, 6.07) is 11.9. The van der Waals surface area contributed by atoms with Crippen LogP contribution in [-0.4, -0.2) is 40.1 Å². The number of hydrogen-bond acceptors (Lipinski definition) is 5. The second kappa shape index (κ2) is 6.73. The topological polar surface area (TPSA) is 81.7 Å². The largest absolute Gasteiger partial charge is 0.332 e.